The van der Waals surface area contributed by atoms with Crippen LogP contribution in [0.1, 0.15) is 37.8 Å². The van der Waals surface area contributed by atoms with Crippen LogP contribution in [0.4, 0.5) is 0 Å². The van der Waals surface area contributed by atoms with Crippen molar-refractivity contribution in [2.75, 3.05) is 0 Å². The summed E-state index contributed by atoms with van der Waals surface area (Å²) in [6.07, 6.45) is 3.28. The van der Waals surface area contributed by atoms with Crippen LogP contribution in [0.5, 0.6) is 5.75 Å². The van der Waals surface area contributed by atoms with Gasteiger partial charge in [-0.3, -0.25) is 0 Å². The minimum Gasteiger partial charge on any atom is -0.507 e. The van der Waals surface area contributed by atoms with Gasteiger partial charge >= 0.3 is 0 Å². The standard InChI is InChI=1S/C15H19NO/c1-2-3-8-14(16)12-9-10-15(17)13-7-5-4-6-11(12)13/h4-7,9-10,14,17H,2-3,8,16H2,1H3/t14-/m0/s1. The molecule has 0 saturated carbocycles. The highest BCUT2D eigenvalue weighted by molar-refractivity contribution is 5.91. The molecule has 0 radical (unpaired) electrons. The van der Waals surface area contributed by atoms with E-state index in [1.807, 2.05) is 30.3 Å². The fourth-order valence-electron chi connectivity index (χ4n) is 2.21. The summed E-state index contributed by atoms with van der Waals surface area (Å²) in [5.74, 6) is 0.326. The Balaban J connectivity index is 2.44. The van der Waals surface area contributed by atoms with E-state index in [2.05, 4.69) is 6.92 Å². The molecule has 2 aromatic carbocycles. The molecular weight excluding hydrogens is 210 g/mol. The topological polar surface area (TPSA) is 46.2 Å². The first kappa shape index (κ1) is 11.9. The molecule has 2 nitrogen and oxygen atoms in total. The van der Waals surface area contributed by atoms with Crippen LogP contribution in [0, 0.1) is 0 Å². The van der Waals surface area contributed by atoms with Gasteiger partial charge in [-0.2, -0.15) is 0 Å². The number of hydrogen-bond donors (Lipinski definition) is 2. The summed E-state index contributed by atoms with van der Waals surface area (Å²) in [6, 6.07) is 11.6. The molecule has 0 spiro atoms. The van der Waals surface area contributed by atoms with Crippen LogP contribution in [0.15, 0.2) is 36.4 Å². The Morgan fingerprint density at radius 3 is 2.53 bits per heavy atom. The average Bonchev–Trinajstić information content (AvgIpc) is 2.37. The summed E-state index contributed by atoms with van der Waals surface area (Å²) in [5.41, 5.74) is 7.35. The van der Waals surface area contributed by atoms with Crippen molar-refractivity contribution in [1.82, 2.24) is 0 Å². The second kappa shape index (κ2) is 5.19. The predicted molar refractivity (Wildman–Crippen MR) is 72.1 cm³/mol. The Bertz CT molecular complexity index is 507. The van der Waals surface area contributed by atoms with Crippen molar-refractivity contribution in [2.45, 2.75) is 32.2 Å². The van der Waals surface area contributed by atoms with Gasteiger partial charge in [0.25, 0.3) is 0 Å². The molecule has 0 bridgehead atoms. The first-order chi connectivity index (χ1) is 8.24. The lowest BCUT2D eigenvalue weighted by molar-refractivity contribution is 0.481. The van der Waals surface area contributed by atoms with E-state index in [1.165, 1.54) is 0 Å². The third-order valence-electron chi connectivity index (χ3n) is 3.20. The smallest absolute Gasteiger partial charge is 0.123 e. The van der Waals surface area contributed by atoms with Crippen molar-refractivity contribution < 1.29 is 5.11 Å². The molecule has 90 valence electrons. The van der Waals surface area contributed by atoms with Gasteiger partial charge in [0.1, 0.15) is 5.75 Å². The maximum absolute atomic E-state index is 9.81. The molecule has 17 heavy (non-hydrogen) atoms. The highest BCUT2D eigenvalue weighted by atomic mass is 16.3. The van der Waals surface area contributed by atoms with E-state index in [0.29, 0.717) is 5.75 Å². The Hall–Kier alpha value is -1.54. The van der Waals surface area contributed by atoms with Crippen LogP contribution >= 0.6 is 0 Å². The minimum absolute atomic E-state index is 0.0560. The van der Waals surface area contributed by atoms with Gasteiger partial charge in [0.2, 0.25) is 0 Å². The average molecular weight is 229 g/mol. The maximum Gasteiger partial charge on any atom is 0.123 e. The molecule has 3 N–H and O–H groups in total. The highest BCUT2D eigenvalue weighted by Gasteiger charge is 2.10. The van der Waals surface area contributed by atoms with Crippen LogP contribution in [0.25, 0.3) is 10.8 Å². The number of hydrogen-bond acceptors (Lipinski definition) is 2. The van der Waals surface area contributed by atoms with Crippen LogP contribution in [-0.4, -0.2) is 5.11 Å². The van der Waals surface area contributed by atoms with Gasteiger partial charge in [-0.15, -0.1) is 0 Å². The third-order valence-corrected chi connectivity index (χ3v) is 3.20. The number of phenols is 1. The molecule has 0 unspecified atom stereocenters. The molecule has 0 aromatic heterocycles. The zero-order valence-electron chi connectivity index (χ0n) is 10.2. The van der Waals surface area contributed by atoms with Crippen molar-refractivity contribution in [2.24, 2.45) is 5.73 Å². The zero-order valence-corrected chi connectivity index (χ0v) is 10.2. The van der Waals surface area contributed by atoms with Gasteiger partial charge in [0, 0.05) is 11.4 Å². The fourth-order valence-corrected chi connectivity index (χ4v) is 2.21. The monoisotopic (exact) mass is 229 g/mol. The summed E-state index contributed by atoms with van der Waals surface area (Å²) < 4.78 is 0. The summed E-state index contributed by atoms with van der Waals surface area (Å²) in [5, 5.41) is 11.8. The van der Waals surface area contributed by atoms with E-state index in [0.717, 1.165) is 35.6 Å². The molecule has 0 fully saturated rings. The molecule has 2 rings (SSSR count). The molecule has 1 atom stereocenters. The lowest BCUT2D eigenvalue weighted by Gasteiger charge is -2.15. The number of nitrogens with two attached hydrogens (primary N) is 1. The van der Waals surface area contributed by atoms with E-state index >= 15 is 0 Å². The first-order valence-corrected chi connectivity index (χ1v) is 6.20. The molecule has 0 amide bonds. The second-order valence-electron chi connectivity index (χ2n) is 4.47. The number of benzene rings is 2. The van der Waals surface area contributed by atoms with E-state index in [1.54, 1.807) is 6.07 Å². The van der Waals surface area contributed by atoms with Crippen molar-refractivity contribution in [3.05, 3.63) is 42.0 Å². The van der Waals surface area contributed by atoms with Gasteiger partial charge in [0.05, 0.1) is 0 Å². The molecule has 0 aliphatic carbocycles. The Morgan fingerprint density at radius 1 is 1.12 bits per heavy atom. The van der Waals surface area contributed by atoms with Crippen molar-refractivity contribution in [3.8, 4) is 5.75 Å². The first-order valence-electron chi connectivity index (χ1n) is 6.20. The van der Waals surface area contributed by atoms with Gasteiger partial charge in [-0.25, -0.2) is 0 Å². The largest absolute Gasteiger partial charge is 0.507 e. The quantitative estimate of drug-likeness (QED) is 0.839. The molecule has 2 aromatic rings. The van der Waals surface area contributed by atoms with Crippen molar-refractivity contribution in [3.63, 3.8) is 0 Å². The SMILES string of the molecule is CCCC[C@H](N)c1ccc(O)c2ccccc12. The van der Waals surface area contributed by atoms with Crippen LogP contribution < -0.4 is 5.73 Å². The van der Waals surface area contributed by atoms with Crippen molar-refractivity contribution >= 4 is 10.8 Å². The van der Waals surface area contributed by atoms with Gasteiger partial charge < -0.3 is 10.8 Å². The van der Waals surface area contributed by atoms with Crippen LogP contribution in [0.3, 0.4) is 0 Å². The number of unbranched alkanes of at least 4 members (excludes halogenated alkanes) is 1. The van der Waals surface area contributed by atoms with E-state index < -0.39 is 0 Å². The second-order valence-corrected chi connectivity index (χ2v) is 4.47. The summed E-state index contributed by atoms with van der Waals surface area (Å²) in [4.78, 5) is 0. The molecular formula is C15H19NO. The lowest BCUT2D eigenvalue weighted by Crippen LogP contribution is -2.10. The number of aromatic hydroxyl groups is 1. The number of phenolic OH excluding ortho intramolecular Hbond substituents is 1. The molecule has 0 aliphatic rings. The predicted octanol–water partition coefficient (Wildman–Crippen LogP) is 3.74. The summed E-state index contributed by atoms with van der Waals surface area (Å²) in [7, 11) is 0. The minimum atomic E-state index is 0.0560. The summed E-state index contributed by atoms with van der Waals surface area (Å²) in [6.45, 7) is 2.17. The van der Waals surface area contributed by atoms with E-state index in [9.17, 15) is 5.11 Å². The molecule has 0 saturated heterocycles. The zero-order chi connectivity index (χ0) is 12.3. The Kier molecular flexibility index (Phi) is 3.64. The van der Waals surface area contributed by atoms with Gasteiger partial charge in [-0.1, -0.05) is 50.1 Å². The highest BCUT2D eigenvalue weighted by Crippen LogP contribution is 2.31. The van der Waals surface area contributed by atoms with Crippen LogP contribution in [-0.2, 0) is 0 Å². The normalized spacial score (nSPS) is 12.8. The third kappa shape index (κ3) is 2.42. The van der Waals surface area contributed by atoms with Crippen LogP contribution in [0.2, 0.25) is 0 Å². The molecule has 2 heteroatoms. The Morgan fingerprint density at radius 2 is 1.82 bits per heavy atom. The van der Waals surface area contributed by atoms with Gasteiger partial charge in [-0.05, 0) is 23.4 Å². The number of rotatable bonds is 4. The molecule has 0 aliphatic heterocycles. The van der Waals surface area contributed by atoms with Crippen molar-refractivity contribution in [1.29, 1.82) is 0 Å². The Labute approximate surface area is 102 Å². The molecule has 0 heterocycles. The number of fused-ring (bicyclic) bond motifs is 1. The summed E-state index contributed by atoms with van der Waals surface area (Å²) >= 11 is 0. The van der Waals surface area contributed by atoms with E-state index in [4.69, 9.17) is 5.73 Å². The maximum atomic E-state index is 9.81. The van der Waals surface area contributed by atoms with E-state index in [-0.39, 0.29) is 6.04 Å². The lowest BCUT2D eigenvalue weighted by atomic mass is 9.95. The fraction of sp³-hybridized carbons (Fsp3) is 0.333. The van der Waals surface area contributed by atoms with Gasteiger partial charge in [0.15, 0.2) is 0 Å².